The van der Waals surface area contributed by atoms with Crippen molar-refractivity contribution >= 4 is 23.9 Å². The molecule has 2 aliphatic heterocycles. The van der Waals surface area contributed by atoms with E-state index >= 15 is 0 Å². The fourth-order valence-electron chi connectivity index (χ4n) is 5.69. The third kappa shape index (κ3) is 11.4. The van der Waals surface area contributed by atoms with Gasteiger partial charge in [0, 0.05) is 51.1 Å². The number of carbonyl (C=O) groups excluding carboxylic acids is 4. The predicted octanol–water partition coefficient (Wildman–Crippen LogP) is 3.63. The summed E-state index contributed by atoms with van der Waals surface area (Å²) in [5, 5.41) is 0. The van der Waals surface area contributed by atoms with E-state index in [4.69, 9.17) is 18.9 Å². The highest BCUT2D eigenvalue weighted by molar-refractivity contribution is 5.79. The Balaban J connectivity index is 1.72. The molecule has 0 aromatic heterocycles. The maximum atomic E-state index is 12.7. The van der Waals surface area contributed by atoms with Crippen LogP contribution in [-0.2, 0) is 38.1 Å². The van der Waals surface area contributed by atoms with E-state index in [1.807, 2.05) is 0 Å². The van der Waals surface area contributed by atoms with Gasteiger partial charge in [-0.3, -0.25) is 19.4 Å². The van der Waals surface area contributed by atoms with E-state index in [0.29, 0.717) is 56.5 Å². The average molecular weight is 555 g/mol. The van der Waals surface area contributed by atoms with E-state index in [9.17, 15) is 19.2 Å². The summed E-state index contributed by atoms with van der Waals surface area (Å²) >= 11 is 0. The van der Waals surface area contributed by atoms with Crippen molar-refractivity contribution in [3.05, 3.63) is 0 Å². The third-order valence-electron chi connectivity index (χ3n) is 7.93. The molecule has 2 aliphatic rings. The molecule has 0 amide bonds. The molecule has 6 unspecified atom stereocenters. The molecule has 39 heavy (non-hydrogen) atoms. The Labute approximate surface area is 234 Å². The van der Waals surface area contributed by atoms with Crippen molar-refractivity contribution in [2.75, 3.05) is 26.3 Å². The number of hydrogen-bond donors (Lipinski definition) is 0. The Morgan fingerprint density at radius 1 is 0.615 bits per heavy atom. The van der Waals surface area contributed by atoms with Crippen LogP contribution in [0.1, 0.15) is 99.3 Å². The second-order valence-electron chi connectivity index (χ2n) is 11.2. The topological polar surface area (TPSA) is 112 Å². The second kappa shape index (κ2) is 16.8. The van der Waals surface area contributed by atoms with Crippen LogP contribution in [0.15, 0.2) is 0 Å². The van der Waals surface area contributed by atoms with Gasteiger partial charge in [-0.05, 0) is 72.6 Å². The van der Waals surface area contributed by atoms with Crippen LogP contribution in [0.4, 0.5) is 0 Å². The molecule has 2 saturated heterocycles. The first-order valence-corrected chi connectivity index (χ1v) is 14.7. The van der Waals surface area contributed by atoms with E-state index in [2.05, 4.69) is 37.5 Å². The summed E-state index contributed by atoms with van der Waals surface area (Å²) in [7, 11) is 0. The molecule has 0 radical (unpaired) electrons. The number of hydrogen-bond acceptors (Lipinski definition) is 10. The van der Waals surface area contributed by atoms with Crippen LogP contribution in [0, 0.1) is 0 Å². The highest BCUT2D eigenvalue weighted by atomic mass is 16.6. The van der Waals surface area contributed by atoms with Crippen LogP contribution >= 0.6 is 0 Å². The molecule has 0 aromatic rings. The SMILES string of the molecule is CC(=O)OC(CN1C(C)CCCC1C)C(=O)OCCCCCOC(=O)C(CN1C(C)CCCC1C)OC(C)=O. The number of rotatable bonds is 14. The highest BCUT2D eigenvalue weighted by Crippen LogP contribution is 2.24. The molecule has 0 saturated carbocycles. The molecule has 6 atom stereocenters. The van der Waals surface area contributed by atoms with Crippen molar-refractivity contribution in [1.29, 1.82) is 0 Å². The Morgan fingerprint density at radius 2 is 0.949 bits per heavy atom. The number of unbranched alkanes of at least 4 members (excludes halogenated alkanes) is 2. The Kier molecular flexibility index (Phi) is 14.2. The summed E-state index contributed by atoms with van der Waals surface area (Å²) in [6.07, 6.45) is 6.46. The minimum absolute atomic E-state index is 0.191. The highest BCUT2D eigenvalue weighted by Gasteiger charge is 2.33. The van der Waals surface area contributed by atoms with Crippen LogP contribution in [-0.4, -0.2) is 96.4 Å². The van der Waals surface area contributed by atoms with Crippen LogP contribution < -0.4 is 0 Å². The number of esters is 4. The summed E-state index contributed by atoms with van der Waals surface area (Å²) in [5.41, 5.74) is 0. The molecule has 224 valence electrons. The monoisotopic (exact) mass is 554 g/mol. The summed E-state index contributed by atoms with van der Waals surface area (Å²) in [6.45, 7) is 12.1. The van der Waals surface area contributed by atoms with Gasteiger partial charge < -0.3 is 18.9 Å². The molecular formula is C29H50N2O8. The van der Waals surface area contributed by atoms with Crippen LogP contribution in [0.2, 0.25) is 0 Å². The lowest BCUT2D eigenvalue weighted by atomic mass is 9.97. The quantitative estimate of drug-likeness (QED) is 0.179. The molecule has 2 heterocycles. The van der Waals surface area contributed by atoms with Gasteiger partial charge in [-0.15, -0.1) is 0 Å². The smallest absolute Gasteiger partial charge is 0.348 e. The van der Waals surface area contributed by atoms with E-state index < -0.39 is 36.1 Å². The zero-order valence-corrected chi connectivity index (χ0v) is 24.8. The molecule has 10 nitrogen and oxygen atoms in total. The zero-order chi connectivity index (χ0) is 28.9. The molecule has 0 aromatic carbocycles. The standard InChI is InChI=1S/C29H50N2O8/c1-20-12-10-13-21(2)30(20)18-26(38-24(5)32)28(34)36-16-8-7-9-17-37-29(35)27(39-25(6)33)19-31-22(3)14-11-15-23(31)4/h20-23,26-27H,7-19H2,1-6H3. The first-order valence-electron chi connectivity index (χ1n) is 14.7. The minimum Gasteiger partial charge on any atom is -0.463 e. The van der Waals surface area contributed by atoms with E-state index in [1.165, 1.54) is 13.8 Å². The third-order valence-corrected chi connectivity index (χ3v) is 7.93. The minimum atomic E-state index is -0.949. The van der Waals surface area contributed by atoms with E-state index in [-0.39, 0.29) is 13.2 Å². The van der Waals surface area contributed by atoms with Gasteiger partial charge in [0.1, 0.15) is 0 Å². The fraction of sp³-hybridized carbons (Fsp3) is 0.862. The number of likely N-dealkylation sites (tertiary alicyclic amines) is 2. The van der Waals surface area contributed by atoms with Crippen molar-refractivity contribution in [2.24, 2.45) is 0 Å². The maximum absolute atomic E-state index is 12.7. The van der Waals surface area contributed by atoms with E-state index in [1.54, 1.807) is 0 Å². The lowest BCUT2D eigenvalue weighted by molar-refractivity contribution is -0.169. The van der Waals surface area contributed by atoms with Crippen LogP contribution in [0.25, 0.3) is 0 Å². The second-order valence-corrected chi connectivity index (χ2v) is 11.2. The van der Waals surface area contributed by atoms with Gasteiger partial charge in [0.05, 0.1) is 13.2 Å². The fourth-order valence-corrected chi connectivity index (χ4v) is 5.69. The largest absolute Gasteiger partial charge is 0.463 e. The van der Waals surface area contributed by atoms with E-state index in [0.717, 1.165) is 38.5 Å². The summed E-state index contributed by atoms with van der Waals surface area (Å²) in [4.78, 5) is 53.0. The maximum Gasteiger partial charge on any atom is 0.348 e. The van der Waals surface area contributed by atoms with Gasteiger partial charge in [-0.1, -0.05) is 12.8 Å². The van der Waals surface area contributed by atoms with Crippen molar-refractivity contribution < 1.29 is 38.1 Å². The van der Waals surface area contributed by atoms with Crippen molar-refractivity contribution in [2.45, 2.75) is 136 Å². The molecule has 0 spiro atoms. The first kappa shape index (κ1) is 33.0. The molecule has 0 aliphatic carbocycles. The molecular weight excluding hydrogens is 504 g/mol. The Hall–Kier alpha value is -2.20. The summed E-state index contributed by atoms with van der Waals surface area (Å²) in [5.74, 6) is -2.08. The number of piperidine rings is 2. The van der Waals surface area contributed by atoms with Crippen LogP contribution in [0.5, 0.6) is 0 Å². The summed E-state index contributed by atoms with van der Waals surface area (Å²) < 4.78 is 21.4. The first-order chi connectivity index (χ1) is 18.5. The van der Waals surface area contributed by atoms with Crippen molar-refractivity contribution in [3.63, 3.8) is 0 Å². The van der Waals surface area contributed by atoms with Gasteiger partial charge in [-0.25, -0.2) is 9.59 Å². The van der Waals surface area contributed by atoms with Crippen molar-refractivity contribution in [1.82, 2.24) is 9.80 Å². The van der Waals surface area contributed by atoms with Gasteiger partial charge >= 0.3 is 23.9 Å². The van der Waals surface area contributed by atoms with Crippen LogP contribution in [0.3, 0.4) is 0 Å². The lowest BCUT2D eigenvalue weighted by Crippen LogP contribution is -2.50. The van der Waals surface area contributed by atoms with Gasteiger partial charge in [0.2, 0.25) is 12.2 Å². The number of ether oxygens (including phenoxy) is 4. The Morgan fingerprint density at radius 3 is 1.26 bits per heavy atom. The lowest BCUT2D eigenvalue weighted by Gasteiger charge is -2.40. The molecule has 2 fully saturated rings. The average Bonchev–Trinajstić information content (AvgIpc) is 2.85. The summed E-state index contributed by atoms with van der Waals surface area (Å²) in [6, 6.07) is 1.26. The molecule has 2 rings (SSSR count). The van der Waals surface area contributed by atoms with Gasteiger partial charge in [-0.2, -0.15) is 0 Å². The van der Waals surface area contributed by atoms with Crippen molar-refractivity contribution in [3.8, 4) is 0 Å². The normalized spacial score (nSPS) is 25.8. The molecule has 0 bridgehead atoms. The molecule has 0 N–H and O–H groups in total. The van der Waals surface area contributed by atoms with Gasteiger partial charge in [0.25, 0.3) is 0 Å². The predicted molar refractivity (Wildman–Crippen MR) is 146 cm³/mol. The number of nitrogens with zero attached hydrogens (tertiary/aromatic N) is 2. The zero-order valence-electron chi connectivity index (χ0n) is 24.8. The number of carbonyl (C=O) groups is 4. The Bertz CT molecular complexity index is 722. The molecule has 10 heteroatoms. The van der Waals surface area contributed by atoms with Gasteiger partial charge in [0.15, 0.2) is 0 Å².